The highest BCUT2D eigenvalue weighted by atomic mass is 19.4. The fourth-order valence-corrected chi connectivity index (χ4v) is 4.41. The Kier molecular flexibility index (Phi) is 7.58. The van der Waals surface area contributed by atoms with Crippen LogP contribution in [0.15, 0.2) is 64.8 Å². The van der Waals surface area contributed by atoms with Gasteiger partial charge in [0, 0.05) is 38.3 Å². The normalized spacial score (nSPS) is 17.6. The number of hydrogen-bond acceptors (Lipinski definition) is 5. The van der Waals surface area contributed by atoms with Crippen molar-refractivity contribution in [1.29, 1.82) is 0 Å². The number of nitrogens with zero attached hydrogens (tertiary/aromatic N) is 4. The van der Waals surface area contributed by atoms with Crippen LogP contribution in [0.4, 0.5) is 22.0 Å². The second-order valence-electron chi connectivity index (χ2n) is 8.65. The number of carbonyl (C=O) groups excluding carboxylic acids is 1. The second-order valence-corrected chi connectivity index (χ2v) is 8.65. The standard InChI is InChI=1S/C23H22F2N4O.C2HF3O2/c24-19-7-6-17(12-20(19)25)14-29-22(30)18-15-27(13-16-4-2-1-3-5-16)10-8-21(18)28-11-9-26-23(28)29;3-2(4,5)1(6)7/h1-7,12H,8-11,13-15H2;(H,6,7). The number of fused-ring (bicyclic) bond motifs is 2. The van der Waals surface area contributed by atoms with E-state index in [1.165, 1.54) is 11.6 Å². The van der Waals surface area contributed by atoms with Crippen LogP contribution in [0.5, 0.6) is 0 Å². The van der Waals surface area contributed by atoms with Gasteiger partial charge in [0.25, 0.3) is 5.91 Å². The van der Waals surface area contributed by atoms with E-state index in [0.717, 1.165) is 49.5 Å². The Morgan fingerprint density at radius 1 is 0.973 bits per heavy atom. The summed E-state index contributed by atoms with van der Waals surface area (Å²) in [5, 5.41) is 7.12. The van der Waals surface area contributed by atoms with Crippen LogP contribution in [0, 0.1) is 11.6 Å². The lowest BCUT2D eigenvalue weighted by atomic mass is 10.00. The summed E-state index contributed by atoms with van der Waals surface area (Å²) in [6, 6.07) is 14.0. The molecule has 0 aliphatic carbocycles. The van der Waals surface area contributed by atoms with Crippen molar-refractivity contribution in [2.24, 2.45) is 4.99 Å². The average Bonchev–Trinajstić information content (AvgIpc) is 3.34. The molecule has 0 spiro atoms. The minimum atomic E-state index is -5.08. The van der Waals surface area contributed by atoms with E-state index >= 15 is 0 Å². The zero-order valence-electron chi connectivity index (χ0n) is 19.5. The Hall–Kier alpha value is -3.80. The molecule has 2 aromatic rings. The van der Waals surface area contributed by atoms with E-state index in [1.807, 2.05) is 18.2 Å². The second kappa shape index (κ2) is 10.7. The molecule has 12 heteroatoms. The van der Waals surface area contributed by atoms with E-state index in [0.29, 0.717) is 24.6 Å². The highest BCUT2D eigenvalue weighted by molar-refractivity contribution is 6.09. The molecule has 1 N–H and O–H groups in total. The SMILES string of the molecule is O=C(O)C(F)(F)F.O=C1C2=C(CCN(Cc3ccccc3)C2)N2CCN=C2N1Cc1ccc(F)c(F)c1. The van der Waals surface area contributed by atoms with Crippen molar-refractivity contribution >= 4 is 17.8 Å². The van der Waals surface area contributed by atoms with E-state index in [-0.39, 0.29) is 12.5 Å². The van der Waals surface area contributed by atoms with E-state index < -0.39 is 23.8 Å². The van der Waals surface area contributed by atoms with E-state index in [4.69, 9.17) is 9.90 Å². The molecule has 0 bridgehead atoms. The van der Waals surface area contributed by atoms with Gasteiger partial charge < -0.3 is 10.0 Å². The molecule has 0 atom stereocenters. The van der Waals surface area contributed by atoms with Crippen LogP contribution in [-0.2, 0) is 22.7 Å². The summed E-state index contributed by atoms with van der Waals surface area (Å²) < 4.78 is 58.7. The number of aliphatic imine (C=N–C) groups is 1. The minimum absolute atomic E-state index is 0.0932. The molecule has 0 unspecified atom stereocenters. The maximum Gasteiger partial charge on any atom is 0.490 e. The number of rotatable bonds is 4. The maximum absolute atomic E-state index is 13.7. The molecular weight excluding hydrogens is 499 g/mol. The van der Waals surface area contributed by atoms with Crippen LogP contribution in [-0.4, -0.2) is 70.0 Å². The maximum atomic E-state index is 13.7. The Morgan fingerprint density at radius 3 is 2.32 bits per heavy atom. The van der Waals surface area contributed by atoms with Gasteiger partial charge >= 0.3 is 12.1 Å². The zero-order valence-corrected chi connectivity index (χ0v) is 19.5. The number of aliphatic carboxylic acids is 1. The summed E-state index contributed by atoms with van der Waals surface area (Å²) in [5.41, 5.74) is 3.59. The quantitative estimate of drug-likeness (QED) is 0.619. The Labute approximate surface area is 209 Å². The van der Waals surface area contributed by atoms with E-state index in [2.05, 4.69) is 26.9 Å². The summed E-state index contributed by atoms with van der Waals surface area (Å²) in [6.07, 6.45) is -4.29. The lowest BCUT2D eigenvalue weighted by Gasteiger charge is -2.42. The number of carbonyl (C=O) groups is 2. The van der Waals surface area contributed by atoms with Crippen molar-refractivity contribution in [1.82, 2.24) is 14.7 Å². The molecule has 3 aliphatic rings. The third kappa shape index (κ3) is 5.96. The lowest BCUT2D eigenvalue weighted by Crippen LogP contribution is -2.53. The summed E-state index contributed by atoms with van der Waals surface area (Å²) in [4.78, 5) is 32.9. The summed E-state index contributed by atoms with van der Waals surface area (Å²) in [6.45, 7) is 3.78. The summed E-state index contributed by atoms with van der Waals surface area (Å²) in [5.74, 6) is -4.02. The molecule has 0 fully saturated rings. The fourth-order valence-electron chi connectivity index (χ4n) is 4.41. The molecule has 0 saturated carbocycles. The number of amides is 1. The summed E-state index contributed by atoms with van der Waals surface area (Å²) in [7, 11) is 0. The molecule has 196 valence electrons. The number of halogens is 5. The van der Waals surface area contributed by atoms with E-state index in [9.17, 15) is 26.7 Å². The minimum Gasteiger partial charge on any atom is -0.475 e. The van der Waals surface area contributed by atoms with Gasteiger partial charge in [0.1, 0.15) is 0 Å². The molecule has 0 radical (unpaired) electrons. The van der Waals surface area contributed by atoms with Gasteiger partial charge in [0.05, 0.1) is 18.7 Å². The smallest absolute Gasteiger partial charge is 0.475 e. The number of guanidine groups is 1. The number of benzene rings is 2. The Balaban J connectivity index is 0.000000405. The Bertz CT molecular complexity index is 1250. The molecule has 3 heterocycles. The van der Waals surface area contributed by atoms with Gasteiger partial charge in [-0.2, -0.15) is 13.2 Å². The van der Waals surface area contributed by atoms with Crippen LogP contribution in [0.3, 0.4) is 0 Å². The van der Waals surface area contributed by atoms with Crippen LogP contribution in [0.1, 0.15) is 17.5 Å². The molecule has 7 nitrogen and oxygen atoms in total. The molecular formula is C25H23F5N4O3. The lowest BCUT2D eigenvalue weighted by molar-refractivity contribution is -0.192. The van der Waals surface area contributed by atoms with Gasteiger partial charge in [0.15, 0.2) is 11.6 Å². The highest BCUT2D eigenvalue weighted by Gasteiger charge is 2.41. The van der Waals surface area contributed by atoms with Crippen molar-refractivity contribution in [2.45, 2.75) is 25.7 Å². The van der Waals surface area contributed by atoms with Crippen molar-refractivity contribution in [2.75, 3.05) is 26.2 Å². The number of carboxylic acids is 1. The first-order chi connectivity index (χ1) is 17.5. The van der Waals surface area contributed by atoms with Crippen LogP contribution in [0.25, 0.3) is 0 Å². The molecule has 0 aromatic heterocycles. The van der Waals surface area contributed by atoms with Gasteiger partial charge in [-0.05, 0) is 23.3 Å². The Morgan fingerprint density at radius 2 is 1.68 bits per heavy atom. The number of carboxylic acid groups (broad SMARTS) is 1. The monoisotopic (exact) mass is 522 g/mol. The van der Waals surface area contributed by atoms with Crippen LogP contribution >= 0.6 is 0 Å². The van der Waals surface area contributed by atoms with Gasteiger partial charge in [-0.1, -0.05) is 36.4 Å². The van der Waals surface area contributed by atoms with Crippen LogP contribution < -0.4 is 0 Å². The van der Waals surface area contributed by atoms with Gasteiger partial charge in [-0.3, -0.25) is 19.6 Å². The third-order valence-electron chi connectivity index (χ3n) is 6.10. The van der Waals surface area contributed by atoms with Crippen LogP contribution in [0.2, 0.25) is 0 Å². The topological polar surface area (TPSA) is 76.5 Å². The molecule has 5 rings (SSSR count). The predicted molar refractivity (Wildman–Crippen MR) is 123 cm³/mol. The van der Waals surface area contributed by atoms with Gasteiger partial charge in [-0.15, -0.1) is 0 Å². The molecule has 0 saturated heterocycles. The van der Waals surface area contributed by atoms with Crippen molar-refractivity contribution < 1.29 is 36.6 Å². The molecule has 3 aliphatic heterocycles. The average molecular weight is 522 g/mol. The predicted octanol–water partition coefficient (Wildman–Crippen LogP) is 3.77. The van der Waals surface area contributed by atoms with Crippen molar-refractivity contribution in [3.63, 3.8) is 0 Å². The summed E-state index contributed by atoms with van der Waals surface area (Å²) >= 11 is 0. The number of hydrogen-bond donors (Lipinski definition) is 1. The highest BCUT2D eigenvalue weighted by Crippen LogP contribution is 2.32. The van der Waals surface area contributed by atoms with Crippen molar-refractivity contribution in [3.8, 4) is 0 Å². The largest absolute Gasteiger partial charge is 0.490 e. The first-order valence-electron chi connectivity index (χ1n) is 11.4. The molecule has 1 amide bonds. The van der Waals surface area contributed by atoms with Gasteiger partial charge in [0.2, 0.25) is 5.96 Å². The first-order valence-corrected chi connectivity index (χ1v) is 11.4. The first kappa shape index (κ1) is 26.3. The fraction of sp³-hybridized carbons (Fsp3) is 0.320. The number of alkyl halides is 3. The zero-order chi connectivity index (χ0) is 26.7. The van der Waals surface area contributed by atoms with Gasteiger partial charge in [-0.25, -0.2) is 13.6 Å². The van der Waals surface area contributed by atoms with Crippen molar-refractivity contribution in [3.05, 3.63) is 82.6 Å². The third-order valence-corrected chi connectivity index (χ3v) is 6.10. The molecule has 37 heavy (non-hydrogen) atoms. The van der Waals surface area contributed by atoms with E-state index in [1.54, 1.807) is 4.90 Å². The molecule has 2 aromatic carbocycles.